The van der Waals surface area contributed by atoms with Gasteiger partial charge < -0.3 is 15.2 Å². The summed E-state index contributed by atoms with van der Waals surface area (Å²) in [6, 6.07) is 13.0. The highest BCUT2D eigenvalue weighted by molar-refractivity contribution is 9.10. The molecule has 0 bridgehead atoms. The molecule has 30 heavy (non-hydrogen) atoms. The lowest BCUT2D eigenvalue weighted by Gasteiger charge is -2.10. The molecule has 2 amide bonds. The van der Waals surface area contributed by atoms with Crippen molar-refractivity contribution in [2.24, 2.45) is 13.0 Å². The minimum absolute atomic E-state index is 0.165. The van der Waals surface area contributed by atoms with Gasteiger partial charge in [-0.25, -0.2) is 4.98 Å². The van der Waals surface area contributed by atoms with Crippen LogP contribution in [0.4, 0.5) is 5.69 Å². The van der Waals surface area contributed by atoms with E-state index in [1.165, 1.54) is 0 Å². The van der Waals surface area contributed by atoms with Crippen LogP contribution in [0, 0.1) is 5.92 Å². The molecule has 0 atom stereocenters. The van der Waals surface area contributed by atoms with Crippen LogP contribution in [0.25, 0.3) is 11.0 Å². The first-order valence-electron chi connectivity index (χ1n) is 10.3. The van der Waals surface area contributed by atoms with Crippen LogP contribution in [-0.4, -0.2) is 27.9 Å². The fourth-order valence-corrected chi connectivity index (χ4v) is 4.41. The summed E-state index contributed by atoms with van der Waals surface area (Å²) in [7, 11) is 1.98. The fourth-order valence-electron chi connectivity index (χ4n) is 4.01. The van der Waals surface area contributed by atoms with Crippen molar-refractivity contribution in [3.63, 3.8) is 0 Å². The average Bonchev–Trinajstić information content (AvgIpc) is 3.37. The number of imidazole rings is 1. The summed E-state index contributed by atoms with van der Waals surface area (Å²) in [5.41, 5.74) is 3.10. The summed E-state index contributed by atoms with van der Waals surface area (Å²) in [4.78, 5) is 29.4. The molecule has 0 saturated heterocycles. The Labute approximate surface area is 184 Å². The van der Waals surface area contributed by atoms with E-state index in [0.717, 1.165) is 47.0 Å². The summed E-state index contributed by atoms with van der Waals surface area (Å²) in [6.45, 7) is 0.582. The highest BCUT2D eigenvalue weighted by Gasteiger charge is 2.22. The number of amides is 2. The van der Waals surface area contributed by atoms with Gasteiger partial charge >= 0.3 is 0 Å². The van der Waals surface area contributed by atoms with Gasteiger partial charge in [0.15, 0.2) is 0 Å². The number of hydrogen-bond donors (Lipinski definition) is 2. The largest absolute Gasteiger partial charge is 0.355 e. The van der Waals surface area contributed by atoms with Crippen molar-refractivity contribution < 1.29 is 9.59 Å². The van der Waals surface area contributed by atoms with Crippen molar-refractivity contribution in [3.05, 3.63) is 58.3 Å². The molecule has 0 aliphatic heterocycles. The van der Waals surface area contributed by atoms with Gasteiger partial charge in [0.05, 0.1) is 11.0 Å². The quantitative estimate of drug-likeness (QED) is 0.561. The highest BCUT2D eigenvalue weighted by Crippen LogP contribution is 2.25. The van der Waals surface area contributed by atoms with Crippen LogP contribution in [0.1, 0.15) is 41.9 Å². The molecule has 1 aromatic heterocycles. The van der Waals surface area contributed by atoms with Crippen molar-refractivity contribution >= 4 is 44.5 Å². The SMILES string of the molecule is Cn1c(CCNC(=O)C2CCCC2)nc2cc(NC(=O)c3cccc(Br)c3)ccc21. The van der Waals surface area contributed by atoms with E-state index in [2.05, 4.69) is 26.6 Å². The van der Waals surface area contributed by atoms with Gasteiger partial charge in [0, 0.05) is 41.7 Å². The van der Waals surface area contributed by atoms with Crippen LogP contribution >= 0.6 is 15.9 Å². The molecule has 0 unspecified atom stereocenters. The first kappa shape index (κ1) is 20.6. The van der Waals surface area contributed by atoms with E-state index in [0.29, 0.717) is 24.2 Å². The minimum atomic E-state index is -0.165. The maximum atomic E-state index is 12.5. The van der Waals surface area contributed by atoms with E-state index in [-0.39, 0.29) is 17.7 Å². The molecule has 156 valence electrons. The lowest BCUT2D eigenvalue weighted by molar-refractivity contribution is -0.124. The Morgan fingerprint density at radius 2 is 1.97 bits per heavy atom. The smallest absolute Gasteiger partial charge is 0.255 e. The van der Waals surface area contributed by atoms with Gasteiger partial charge in [0.1, 0.15) is 5.82 Å². The van der Waals surface area contributed by atoms with Crippen molar-refractivity contribution in [2.45, 2.75) is 32.1 Å². The van der Waals surface area contributed by atoms with Crippen molar-refractivity contribution in [3.8, 4) is 0 Å². The standard InChI is InChI=1S/C23H25BrN4O2/c1-28-20-10-9-18(26-23(30)16-7-4-8-17(24)13-16)14-19(20)27-21(28)11-12-25-22(29)15-5-2-3-6-15/h4,7-10,13-15H,2-3,5-6,11-12H2,1H3,(H,25,29)(H,26,30). The first-order valence-corrected chi connectivity index (χ1v) is 11.1. The number of fused-ring (bicyclic) bond motifs is 1. The zero-order chi connectivity index (χ0) is 21.1. The van der Waals surface area contributed by atoms with Crippen molar-refractivity contribution in [2.75, 3.05) is 11.9 Å². The molecule has 0 radical (unpaired) electrons. The Bertz CT molecular complexity index is 1090. The van der Waals surface area contributed by atoms with Crippen LogP contribution in [0.5, 0.6) is 0 Å². The number of nitrogens with zero attached hydrogens (tertiary/aromatic N) is 2. The van der Waals surface area contributed by atoms with Gasteiger partial charge in [-0.2, -0.15) is 0 Å². The number of aryl methyl sites for hydroxylation is 1. The van der Waals surface area contributed by atoms with Crippen LogP contribution < -0.4 is 10.6 Å². The molecule has 2 aromatic carbocycles. The van der Waals surface area contributed by atoms with E-state index in [4.69, 9.17) is 4.98 Å². The van der Waals surface area contributed by atoms with Crippen LogP contribution in [0.15, 0.2) is 46.9 Å². The number of halogens is 1. The Morgan fingerprint density at radius 3 is 2.73 bits per heavy atom. The Kier molecular flexibility index (Phi) is 6.18. The number of anilines is 1. The molecule has 0 spiro atoms. The molecule has 6 nitrogen and oxygen atoms in total. The van der Waals surface area contributed by atoms with Crippen LogP contribution in [0.3, 0.4) is 0 Å². The molecule has 1 aliphatic carbocycles. The predicted octanol–water partition coefficient (Wildman–Crippen LogP) is 4.44. The third-order valence-electron chi connectivity index (χ3n) is 5.69. The molecule has 1 saturated carbocycles. The second-order valence-electron chi connectivity index (χ2n) is 7.78. The molecular formula is C23H25BrN4O2. The van der Waals surface area contributed by atoms with Gasteiger partial charge in [-0.15, -0.1) is 0 Å². The summed E-state index contributed by atoms with van der Waals surface area (Å²) < 4.78 is 2.90. The number of benzene rings is 2. The number of carbonyl (C=O) groups excluding carboxylic acids is 2. The second-order valence-corrected chi connectivity index (χ2v) is 8.69. The Hall–Kier alpha value is -2.67. The van der Waals surface area contributed by atoms with Gasteiger partial charge in [0.25, 0.3) is 5.91 Å². The highest BCUT2D eigenvalue weighted by atomic mass is 79.9. The molecular weight excluding hydrogens is 444 g/mol. The first-order chi connectivity index (χ1) is 14.5. The number of hydrogen-bond acceptors (Lipinski definition) is 3. The van der Waals surface area contributed by atoms with Crippen molar-refractivity contribution in [1.29, 1.82) is 0 Å². The normalized spacial score (nSPS) is 14.2. The second kappa shape index (κ2) is 9.00. The van der Waals surface area contributed by atoms with Gasteiger partial charge in [-0.1, -0.05) is 34.8 Å². The fraction of sp³-hybridized carbons (Fsp3) is 0.348. The number of nitrogens with one attached hydrogen (secondary N) is 2. The molecule has 2 N–H and O–H groups in total. The number of carbonyl (C=O) groups is 2. The van der Waals surface area contributed by atoms with E-state index >= 15 is 0 Å². The summed E-state index contributed by atoms with van der Waals surface area (Å²) in [5, 5.41) is 5.98. The van der Waals surface area contributed by atoms with Crippen LogP contribution in [-0.2, 0) is 18.3 Å². The number of rotatable bonds is 6. The van der Waals surface area contributed by atoms with E-state index < -0.39 is 0 Å². The molecule has 7 heteroatoms. The topological polar surface area (TPSA) is 76.0 Å². The summed E-state index contributed by atoms with van der Waals surface area (Å²) >= 11 is 3.39. The Morgan fingerprint density at radius 1 is 1.17 bits per heavy atom. The maximum Gasteiger partial charge on any atom is 0.255 e. The lowest BCUT2D eigenvalue weighted by Crippen LogP contribution is -2.31. The zero-order valence-corrected chi connectivity index (χ0v) is 18.5. The zero-order valence-electron chi connectivity index (χ0n) is 17.0. The minimum Gasteiger partial charge on any atom is -0.355 e. The molecule has 3 aromatic rings. The third-order valence-corrected chi connectivity index (χ3v) is 6.19. The molecule has 1 fully saturated rings. The van der Waals surface area contributed by atoms with Gasteiger partial charge in [-0.3, -0.25) is 9.59 Å². The van der Waals surface area contributed by atoms with E-state index in [1.54, 1.807) is 12.1 Å². The van der Waals surface area contributed by atoms with Gasteiger partial charge in [-0.05, 0) is 49.2 Å². The third kappa shape index (κ3) is 4.56. The van der Waals surface area contributed by atoms with Crippen LogP contribution in [0.2, 0.25) is 0 Å². The maximum absolute atomic E-state index is 12.5. The molecule has 1 heterocycles. The summed E-state index contributed by atoms with van der Waals surface area (Å²) in [5.74, 6) is 1.10. The van der Waals surface area contributed by atoms with E-state index in [1.807, 2.05) is 41.9 Å². The predicted molar refractivity (Wildman–Crippen MR) is 121 cm³/mol. The van der Waals surface area contributed by atoms with E-state index in [9.17, 15) is 9.59 Å². The average molecular weight is 469 g/mol. The summed E-state index contributed by atoms with van der Waals surface area (Å²) in [6.07, 6.45) is 5.00. The van der Waals surface area contributed by atoms with Crippen molar-refractivity contribution in [1.82, 2.24) is 14.9 Å². The lowest BCUT2D eigenvalue weighted by atomic mass is 10.1. The molecule has 4 rings (SSSR count). The van der Waals surface area contributed by atoms with Gasteiger partial charge in [0.2, 0.25) is 5.91 Å². The monoisotopic (exact) mass is 468 g/mol. The molecule has 1 aliphatic rings. The Balaban J connectivity index is 1.42. The number of aromatic nitrogens is 2.